The van der Waals surface area contributed by atoms with Crippen LogP contribution in [0.15, 0.2) is 46.9 Å². The molecule has 240 valence electrons. The number of phenols is 1. The number of furan rings is 1. The minimum Gasteiger partial charge on any atom is -0.508 e. The van der Waals surface area contributed by atoms with Crippen LogP contribution in [0.5, 0.6) is 11.5 Å². The second-order valence-electron chi connectivity index (χ2n) is 11.3. The van der Waals surface area contributed by atoms with Crippen molar-refractivity contribution in [1.82, 2.24) is 4.98 Å². The highest BCUT2D eigenvalue weighted by Crippen LogP contribution is 2.38. The number of thiazole rings is 1. The molecule has 44 heavy (non-hydrogen) atoms. The molecule has 2 aromatic heterocycles. The summed E-state index contributed by atoms with van der Waals surface area (Å²) in [5, 5.41) is 10.4. The molecular weight excluding hydrogens is 626 g/mol. The first-order valence-electron chi connectivity index (χ1n) is 13.8. The maximum atomic E-state index is 11.1. The fraction of sp³-hybridized carbons (Fsp3) is 0.367. The van der Waals surface area contributed by atoms with Gasteiger partial charge in [0.15, 0.2) is 17.2 Å². The van der Waals surface area contributed by atoms with Crippen molar-refractivity contribution in [3.8, 4) is 23.0 Å². The second kappa shape index (κ2) is 14.4. The maximum Gasteiger partial charge on any atom is 0.391 e. The molecular formula is C30H40N2O9P2S. The Morgan fingerprint density at radius 2 is 1.61 bits per heavy atom. The lowest BCUT2D eigenvalue weighted by Crippen LogP contribution is -2.02. The van der Waals surface area contributed by atoms with Gasteiger partial charge in [-0.15, -0.1) is 11.3 Å². The number of nitrogens with two attached hydrogens (primary N) is 1. The van der Waals surface area contributed by atoms with Crippen LogP contribution in [0.2, 0.25) is 0 Å². The zero-order chi connectivity index (χ0) is 33.0. The molecule has 2 heterocycles. The summed E-state index contributed by atoms with van der Waals surface area (Å²) in [6.45, 7) is 12.1. The zero-order valence-corrected chi connectivity index (χ0v) is 28.1. The fourth-order valence-electron chi connectivity index (χ4n) is 4.54. The minimum absolute atomic E-state index is 0.241. The quantitative estimate of drug-likeness (QED) is 0.105. The third-order valence-corrected chi connectivity index (χ3v) is 8.77. The van der Waals surface area contributed by atoms with Gasteiger partial charge in [-0.3, -0.25) is 9.13 Å². The van der Waals surface area contributed by atoms with Crippen LogP contribution < -0.4 is 16.0 Å². The first kappa shape index (κ1) is 35.5. The first-order chi connectivity index (χ1) is 20.3. The van der Waals surface area contributed by atoms with Gasteiger partial charge in [-0.25, -0.2) is 4.98 Å². The third-order valence-electron chi connectivity index (χ3n) is 6.58. The number of ether oxygens (including phenoxy) is 1. The molecule has 0 fully saturated rings. The highest BCUT2D eigenvalue weighted by Gasteiger charge is 2.24. The van der Waals surface area contributed by atoms with Crippen LogP contribution in [-0.2, 0) is 22.0 Å². The summed E-state index contributed by atoms with van der Waals surface area (Å²) in [7, 11) is -8.57. The van der Waals surface area contributed by atoms with Crippen molar-refractivity contribution in [2.24, 2.45) is 5.92 Å². The van der Waals surface area contributed by atoms with Crippen LogP contribution in [0, 0.1) is 19.8 Å². The molecule has 0 radical (unpaired) electrons. The van der Waals surface area contributed by atoms with Crippen molar-refractivity contribution in [3.05, 3.63) is 75.2 Å². The molecule has 0 saturated carbocycles. The number of aryl methyl sites for hydroxylation is 2. The highest BCUT2D eigenvalue weighted by molar-refractivity contribution is 7.59. The lowest BCUT2D eigenvalue weighted by Gasteiger charge is -2.15. The van der Waals surface area contributed by atoms with E-state index in [4.69, 9.17) is 34.5 Å². The van der Waals surface area contributed by atoms with E-state index in [1.165, 1.54) is 23.5 Å². The van der Waals surface area contributed by atoms with Crippen LogP contribution in [0.1, 0.15) is 66.3 Å². The Morgan fingerprint density at radius 1 is 0.977 bits per heavy atom. The van der Waals surface area contributed by atoms with Crippen molar-refractivity contribution >= 4 is 37.2 Å². The van der Waals surface area contributed by atoms with Crippen LogP contribution in [0.25, 0.3) is 11.5 Å². The van der Waals surface area contributed by atoms with Gasteiger partial charge >= 0.3 is 15.2 Å². The molecule has 0 aliphatic rings. The highest BCUT2D eigenvalue weighted by atomic mass is 32.1. The number of benzene rings is 2. The molecule has 0 amide bonds. The largest absolute Gasteiger partial charge is 0.508 e. The van der Waals surface area contributed by atoms with E-state index in [0.29, 0.717) is 34.0 Å². The van der Waals surface area contributed by atoms with E-state index < -0.39 is 21.5 Å². The Morgan fingerprint density at radius 3 is 2.14 bits per heavy atom. The molecule has 0 atom stereocenters. The topological polar surface area (TPSA) is 197 Å². The molecule has 4 aromatic rings. The molecule has 0 aliphatic carbocycles. The third kappa shape index (κ3) is 10.0. The van der Waals surface area contributed by atoms with Crippen LogP contribution >= 0.6 is 26.5 Å². The number of hydrogen-bond acceptors (Lipinski definition) is 8. The number of nitrogens with zero attached hydrogens (tertiary/aromatic N) is 1. The van der Waals surface area contributed by atoms with Gasteiger partial charge in [0, 0.05) is 4.88 Å². The van der Waals surface area contributed by atoms with Gasteiger partial charge in [-0.1, -0.05) is 39.8 Å². The van der Waals surface area contributed by atoms with Crippen molar-refractivity contribution in [2.75, 3.05) is 12.1 Å². The molecule has 0 bridgehead atoms. The first-order valence-corrected chi connectivity index (χ1v) is 18.1. The Hall–Kier alpha value is -2.95. The van der Waals surface area contributed by atoms with E-state index in [9.17, 15) is 14.2 Å². The average Bonchev–Trinajstić information content (AvgIpc) is 3.52. The summed E-state index contributed by atoms with van der Waals surface area (Å²) in [6.07, 6.45) is 0.882. The van der Waals surface area contributed by atoms with E-state index in [0.717, 1.165) is 45.5 Å². The number of anilines is 1. The molecule has 2 aromatic carbocycles. The van der Waals surface area contributed by atoms with Gasteiger partial charge in [0.1, 0.15) is 17.2 Å². The standard InChI is InChI=1S/C19H25O5P.C11H15N2O4PS/c1-12(2)17-9-15(5-6-19(17)20)10-18-13(3)7-16(8-14(18)4)24-11-25(21,22)23;1-6(2)5-8-10(13-11(12)19-8)7-3-4-9(17-7)18(14,15)16/h5-9,12,20H,10-11H2,1-4H3,(H2,21,22,23);3-4,6H,5H2,1-2H3,(H2,12,13)(H2,14,15,16). The number of rotatable bonds is 10. The molecule has 0 unspecified atom stereocenters. The SMILES string of the molecule is CC(C)Cc1sc(N)nc1-c1ccc(P(=O)(O)O)o1.Cc1cc(OCP(=O)(O)O)cc(C)c1Cc1ccc(O)c(C(C)C)c1. The molecule has 11 nitrogen and oxygen atoms in total. The number of hydrogen-bond donors (Lipinski definition) is 6. The van der Waals surface area contributed by atoms with E-state index in [1.807, 2.05) is 39.8 Å². The lowest BCUT2D eigenvalue weighted by atomic mass is 9.93. The normalized spacial score (nSPS) is 12.0. The van der Waals surface area contributed by atoms with Gasteiger partial charge in [0.25, 0.3) is 0 Å². The van der Waals surface area contributed by atoms with Gasteiger partial charge in [-0.05, 0) is 96.7 Å². The Labute approximate surface area is 261 Å². The maximum absolute atomic E-state index is 11.1. The summed E-state index contributed by atoms with van der Waals surface area (Å²) in [6, 6.07) is 12.0. The second-order valence-corrected chi connectivity index (χ2v) is 15.5. The lowest BCUT2D eigenvalue weighted by molar-refractivity contribution is 0.300. The van der Waals surface area contributed by atoms with Crippen LogP contribution in [0.3, 0.4) is 0 Å². The van der Waals surface area contributed by atoms with E-state index in [1.54, 1.807) is 18.2 Å². The van der Waals surface area contributed by atoms with Crippen LogP contribution in [-0.4, -0.2) is 36.0 Å². The smallest absolute Gasteiger partial charge is 0.391 e. The van der Waals surface area contributed by atoms with E-state index >= 15 is 0 Å². The summed E-state index contributed by atoms with van der Waals surface area (Å²) < 4.78 is 32.5. The number of nitrogen functional groups attached to an aromatic ring is 1. The average molecular weight is 667 g/mol. The monoisotopic (exact) mass is 666 g/mol. The Bertz CT molecular complexity index is 1660. The molecule has 0 aliphatic heterocycles. The van der Waals surface area contributed by atoms with Crippen molar-refractivity contribution in [2.45, 2.75) is 60.3 Å². The number of aromatic nitrogens is 1. The van der Waals surface area contributed by atoms with Gasteiger partial charge < -0.3 is 39.6 Å². The van der Waals surface area contributed by atoms with Gasteiger partial charge in [0.2, 0.25) is 5.50 Å². The summed E-state index contributed by atoms with van der Waals surface area (Å²) in [5.41, 5.74) is 11.1. The van der Waals surface area contributed by atoms with Gasteiger partial charge in [-0.2, -0.15) is 0 Å². The minimum atomic E-state index is -4.38. The van der Waals surface area contributed by atoms with Crippen molar-refractivity contribution < 1.29 is 43.0 Å². The van der Waals surface area contributed by atoms with Crippen LogP contribution in [0.4, 0.5) is 5.13 Å². The summed E-state index contributed by atoms with van der Waals surface area (Å²) in [4.78, 5) is 41.1. The molecule has 7 N–H and O–H groups in total. The number of phenolic OH excluding ortho intramolecular Hbond substituents is 1. The van der Waals surface area contributed by atoms with E-state index in [-0.39, 0.29) is 11.4 Å². The predicted molar refractivity (Wildman–Crippen MR) is 173 cm³/mol. The summed E-state index contributed by atoms with van der Waals surface area (Å²) in [5.74, 6) is 1.77. The predicted octanol–water partition coefficient (Wildman–Crippen LogP) is 6.22. The van der Waals surface area contributed by atoms with E-state index in [2.05, 4.69) is 18.8 Å². The fourth-order valence-corrected chi connectivity index (χ4v) is 6.39. The van der Waals surface area contributed by atoms with Gasteiger partial charge in [0.05, 0.1) is 0 Å². The van der Waals surface area contributed by atoms with Crippen molar-refractivity contribution in [3.63, 3.8) is 0 Å². The molecule has 14 heteroatoms. The Balaban J connectivity index is 0.000000249. The number of aromatic hydroxyl groups is 1. The van der Waals surface area contributed by atoms with Crippen molar-refractivity contribution in [1.29, 1.82) is 0 Å². The molecule has 4 rings (SSSR count). The summed E-state index contributed by atoms with van der Waals surface area (Å²) >= 11 is 1.37. The molecule has 0 saturated heterocycles. The molecule has 0 spiro atoms. The zero-order valence-electron chi connectivity index (χ0n) is 25.5. The Kier molecular flexibility index (Phi) is 11.7.